The van der Waals surface area contributed by atoms with Crippen LogP contribution in [0.5, 0.6) is 5.75 Å². The molecule has 1 saturated heterocycles. The molecule has 0 aliphatic carbocycles. The van der Waals surface area contributed by atoms with Gasteiger partial charge in [0.1, 0.15) is 5.75 Å². The zero-order chi connectivity index (χ0) is 15.3. The number of carbonyl (C=O) groups is 1. The van der Waals surface area contributed by atoms with Crippen molar-refractivity contribution >= 4 is 5.91 Å². The zero-order valence-corrected chi connectivity index (χ0v) is 11.4. The quantitative estimate of drug-likeness (QED) is 0.866. The van der Waals surface area contributed by atoms with E-state index in [0.29, 0.717) is 26.1 Å². The highest BCUT2D eigenvalue weighted by atomic mass is 19.3. The summed E-state index contributed by atoms with van der Waals surface area (Å²) in [6.07, 6.45) is 0.892. The van der Waals surface area contributed by atoms with Crippen LogP contribution in [0.15, 0.2) is 24.3 Å². The van der Waals surface area contributed by atoms with Crippen molar-refractivity contribution in [3.8, 4) is 5.75 Å². The van der Waals surface area contributed by atoms with Gasteiger partial charge in [0.25, 0.3) is 5.91 Å². The van der Waals surface area contributed by atoms with Gasteiger partial charge in [0, 0.05) is 38.2 Å². The summed E-state index contributed by atoms with van der Waals surface area (Å²) < 4.78 is 33.6. The van der Waals surface area contributed by atoms with E-state index in [4.69, 9.17) is 4.74 Å². The number of ether oxygens (including phenoxy) is 2. The molecule has 1 aromatic carbocycles. The lowest BCUT2D eigenvalue weighted by atomic mass is 9.94. The van der Waals surface area contributed by atoms with Gasteiger partial charge >= 0.3 is 6.61 Å². The fourth-order valence-electron chi connectivity index (χ4n) is 2.09. The van der Waals surface area contributed by atoms with E-state index in [1.807, 2.05) is 0 Å². The molecule has 0 atom stereocenters. The van der Waals surface area contributed by atoms with Crippen LogP contribution in [-0.2, 0) is 4.74 Å². The van der Waals surface area contributed by atoms with Crippen molar-refractivity contribution in [2.45, 2.75) is 25.1 Å². The molecule has 1 fully saturated rings. The first-order chi connectivity index (χ1) is 9.98. The second-order valence-corrected chi connectivity index (χ2v) is 4.93. The molecule has 1 aliphatic heterocycles. The molecule has 1 amide bonds. The van der Waals surface area contributed by atoms with Gasteiger partial charge in [0.05, 0.1) is 5.60 Å². The van der Waals surface area contributed by atoms with E-state index in [2.05, 4.69) is 10.1 Å². The topological polar surface area (TPSA) is 67.8 Å². The van der Waals surface area contributed by atoms with Crippen molar-refractivity contribution in [1.29, 1.82) is 0 Å². The van der Waals surface area contributed by atoms with Crippen LogP contribution in [0.3, 0.4) is 0 Å². The zero-order valence-electron chi connectivity index (χ0n) is 11.4. The second kappa shape index (κ2) is 6.82. The van der Waals surface area contributed by atoms with E-state index in [1.54, 1.807) is 0 Å². The Morgan fingerprint density at radius 2 is 2.14 bits per heavy atom. The fourth-order valence-corrected chi connectivity index (χ4v) is 2.09. The Hall–Kier alpha value is -1.73. The van der Waals surface area contributed by atoms with E-state index in [9.17, 15) is 18.7 Å². The van der Waals surface area contributed by atoms with Gasteiger partial charge in [0.2, 0.25) is 0 Å². The molecule has 1 aliphatic rings. The SMILES string of the molecule is O=C(NCC1(O)CCOCC1)c1cccc(OC(F)F)c1. The number of alkyl halides is 2. The molecule has 0 spiro atoms. The summed E-state index contributed by atoms with van der Waals surface area (Å²) in [4.78, 5) is 12.0. The van der Waals surface area contributed by atoms with E-state index >= 15 is 0 Å². The van der Waals surface area contributed by atoms with Crippen molar-refractivity contribution in [2.24, 2.45) is 0 Å². The number of carbonyl (C=O) groups excluding carboxylic acids is 1. The number of rotatable bonds is 5. The molecule has 0 bridgehead atoms. The third-order valence-electron chi connectivity index (χ3n) is 3.32. The molecule has 1 heterocycles. The number of halogens is 2. The minimum absolute atomic E-state index is 0.0811. The first-order valence-corrected chi connectivity index (χ1v) is 6.62. The van der Waals surface area contributed by atoms with Gasteiger partial charge < -0.3 is 19.9 Å². The van der Waals surface area contributed by atoms with Crippen molar-refractivity contribution in [3.05, 3.63) is 29.8 Å². The molecule has 116 valence electrons. The van der Waals surface area contributed by atoms with Crippen LogP contribution < -0.4 is 10.1 Å². The van der Waals surface area contributed by atoms with Crippen molar-refractivity contribution in [1.82, 2.24) is 5.32 Å². The van der Waals surface area contributed by atoms with Crippen LogP contribution in [0.2, 0.25) is 0 Å². The van der Waals surface area contributed by atoms with Gasteiger partial charge in [-0.15, -0.1) is 0 Å². The largest absolute Gasteiger partial charge is 0.435 e. The molecule has 7 heteroatoms. The summed E-state index contributed by atoms with van der Waals surface area (Å²) in [5.41, 5.74) is -0.783. The van der Waals surface area contributed by atoms with Crippen LogP contribution in [-0.4, -0.2) is 43.0 Å². The smallest absolute Gasteiger partial charge is 0.387 e. The number of amides is 1. The molecule has 0 unspecified atom stereocenters. The highest BCUT2D eigenvalue weighted by Crippen LogP contribution is 2.20. The predicted molar refractivity (Wildman–Crippen MR) is 70.4 cm³/mol. The Morgan fingerprint density at radius 3 is 2.81 bits per heavy atom. The number of nitrogens with one attached hydrogen (secondary N) is 1. The molecule has 1 aromatic rings. The average molecular weight is 301 g/mol. The van der Waals surface area contributed by atoms with Crippen molar-refractivity contribution in [3.63, 3.8) is 0 Å². The number of hydrogen-bond acceptors (Lipinski definition) is 4. The summed E-state index contributed by atoms with van der Waals surface area (Å²) in [5.74, 6) is -0.530. The lowest BCUT2D eigenvalue weighted by Gasteiger charge is -2.32. The first kappa shape index (κ1) is 15.7. The fraction of sp³-hybridized carbons (Fsp3) is 0.500. The average Bonchev–Trinajstić information content (AvgIpc) is 2.45. The summed E-state index contributed by atoms with van der Waals surface area (Å²) >= 11 is 0. The molecule has 0 radical (unpaired) electrons. The lowest BCUT2D eigenvalue weighted by Crippen LogP contribution is -2.46. The van der Waals surface area contributed by atoms with E-state index in [1.165, 1.54) is 24.3 Å². The maximum atomic E-state index is 12.1. The molecular formula is C14H17F2NO4. The highest BCUT2D eigenvalue weighted by Gasteiger charge is 2.30. The van der Waals surface area contributed by atoms with Gasteiger partial charge in [-0.2, -0.15) is 8.78 Å². The summed E-state index contributed by atoms with van der Waals surface area (Å²) in [6.45, 7) is -1.95. The third kappa shape index (κ3) is 4.64. The van der Waals surface area contributed by atoms with E-state index in [-0.39, 0.29) is 17.9 Å². The number of hydrogen-bond donors (Lipinski definition) is 2. The minimum atomic E-state index is -2.94. The third-order valence-corrected chi connectivity index (χ3v) is 3.32. The highest BCUT2D eigenvalue weighted by molar-refractivity contribution is 5.94. The monoisotopic (exact) mass is 301 g/mol. The second-order valence-electron chi connectivity index (χ2n) is 4.93. The molecule has 0 saturated carbocycles. The van der Waals surface area contributed by atoms with Gasteiger partial charge in [-0.05, 0) is 18.2 Å². The van der Waals surface area contributed by atoms with Gasteiger partial charge in [-0.1, -0.05) is 6.07 Å². The Bertz CT molecular complexity index is 490. The lowest BCUT2D eigenvalue weighted by molar-refractivity contribution is -0.0605. The summed E-state index contributed by atoms with van der Waals surface area (Å²) in [7, 11) is 0. The Kier molecular flexibility index (Phi) is 5.08. The maximum Gasteiger partial charge on any atom is 0.387 e. The number of benzene rings is 1. The molecule has 2 rings (SSSR count). The van der Waals surface area contributed by atoms with Crippen LogP contribution in [0.25, 0.3) is 0 Å². The predicted octanol–water partition coefficient (Wildman–Crippen LogP) is 1.56. The van der Waals surface area contributed by atoms with Gasteiger partial charge in [0.15, 0.2) is 0 Å². The van der Waals surface area contributed by atoms with Crippen LogP contribution in [0.4, 0.5) is 8.78 Å². The molecule has 5 nitrogen and oxygen atoms in total. The summed E-state index contributed by atoms with van der Waals surface area (Å²) in [5, 5.41) is 12.8. The Labute approximate surface area is 120 Å². The number of aliphatic hydroxyl groups is 1. The van der Waals surface area contributed by atoms with Crippen molar-refractivity contribution in [2.75, 3.05) is 19.8 Å². The molecule has 21 heavy (non-hydrogen) atoms. The Morgan fingerprint density at radius 1 is 1.43 bits per heavy atom. The van der Waals surface area contributed by atoms with Gasteiger partial charge in [-0.25, -0.2) is 0 Å². The van der Waals surface area contributed by atoms with Crippen molar-refractivity contribution < 1.29 is 28.2 Å². The normalized spacial score (nSPS) is 17.5. The Balaban J connectivity index is 1.93. The van der Waals surface area contributed by atoms with Crippen LogP contribution >= 0.6 is 0 Å². The van der Waals surface area contributed by atoms with Gasteiger partial charge in [-0.3, -0.25) is 4.79 Å². The molecular weight excluding hydrogens is 284 g/mol. The minimum Gasteiger partial charge on any atom is -0.435 e. The van der Waals surface area contributed by atoms with E-state index < -0.39 is 18.1 Å². The standard InChI is InChI=1S/C14H17F2NO4/c15-13(16)21-11-3-1-2-10(8-11)12(18)17-9-14(19)4-6-20-7-5-14/h1-3,8,13,19H,4-7,9H2,(H,17,18). The van der Waals surface area contributed by atoms with E-state index in [0.717, 1.165) is 0 Å². The maximum absolute atomic E-state index is 12.1. The molecule has 0 aromatic heterocycles. The first-order valence-electron chi connectivity index (χ1n) is 6.62. The van der Waals surface area contributed by atoms with Crippen LogP contribution in [0.1, 0.15) is 23.2 Å². The van der Waals surface area contributed by atoms with Crippen LogP contribution in [0, 0.1) is 0 Å². The molecule has 2 N–H and O–H groups in total. The summed E-state index contributed by atoms with van der Waals surface area (Å²) in [6, 6.07) is 5.52.